The molecule has 0 fully saturated rings. The number of likely N-dealkylation sites (N-methyl/N-ethyl adjacent to an activating group) is 1. The summed E-state index contributed by atoms with van der Waals surface area (Å²) in [6.45, 7) is 1.12. The van der Waals surface area contributed by atoms with Gasteiger partial charge < -0.3 is 14.8 Å². The Morgan fingerprint density at radius 2 is 1.87 bits per heavy atom. The summed E-state index contributed by atoms with van der Waals surface area (Å²) in [4.78, 5) is 24.4. The van der Waals surface area contributed by atoms with Gasteiger partial charge in [-0.15, -0.1) is 0 Å². The number of alkyl halides is 2. The molecule has 1 atom stereocenters. The maximum atomic E-state index is 12.5. The van der Waals surface area contributed by atoms with Gasteiger partial charge in [-0.1, -0.05) is 6.07 Å². The van der Waals surface area contributed by atoms with E-state index in [0.717, 1.165) is 5.56 Å². The fourth-order valence-corrected chi connectivity index (χ4v) is 2.65. The van der Waals surface area contributed by atoms with E-state index in [1.54, 1.807) is 37.9 Å². The molecule has 0 aliphatic rings. The normalized spacial score (nSPS) is 12.0. The number of ether oxygens (including phenoxy) is 2. The molecule has 0 aromatic heterocycles. The first-order valence-corrected chi connectivity index (χ1v) is 9.17. The summed E-state index contributed by atoms with van der Waals surface area (Å²) in [5.41, 5.74) is 1.12. The van der Waals surface area contributed by atoms with E-state index in [4.69, 9.17) is 4.74 Å². The zero-order chi connectivity index (χ0) is 22.3. The summed E-state index contributed by atoms with van der Waals surface area (Å²) in [6.07, 6.45) is 0. The quantitative estimate of drug-likeness (QED) is 0.458. The van der Waals surface area contributed by atoms with Gasteiger partial charge in [0.25, 0.3) is 5.69 Å². The first-order chi connectivity index (χ1) is 14.2. The first kappa shape index (κ1) is 23.0. The zero-order valence-corrected chi connectivity index (χ0v) is 16.8. The second-order valence-electron chi connectivity index (χ2n) is 6.48. The van der Waals surface area contributed by atoms with Crippen molar-refractivity contribution in [3.63, 3.8) is 0 Å². The number of carbonyl (C=O) groups excluding carboxylic acids is 1. The van der Waals surface area contributed by atoms with Crippen LogP contribution in [0.2, 0.25) is 0 Å². The number of benzene rings is 2. The van der Waals surface area contributed by atoms with E-state index in [2.05, 4.69) is 10.1 Å². The van der Waals surface area contributed by atoms with E-state index >= 15 is 0 Å². The Kier molecular flexibility index (Phi) is 8.05. The van der Waals surface area contributed by atoms with Crippen molar-refractivity contribution in [2.24, 2.45) is 0 Å². The number of anilines is 1. The van der Waals surface area contributed by atoms with Crippen molar-refractivity contribution in [2.45, 2.75) is 33.0 Å². The molecule has 0 aliphatic carbocycles. The van der Waals surface area contributed by atoms with Crippen molar-refractivity contribution in [3.05, 3.63) is 58.1 Å². The lowest BCUT2D eigenvalue weighted by molar-refractivity contribution is -0.384. The van der Waals surface area contributed by atoms with Crippen LogP contribution in [0.3, 0.4) is 0 Å². The minimum Gasteiger partial charge on any atom is -0.490 e. The molecule has 0 heterocycles. The van der Waals surface area contributed by atoms with Crippen molar-refractivity contribution in [1.29, 1.82) is 0 Å². The van der Waals surface area contributed by atoms with Crippen molar-refractivity contribution in [1.82, 2.24) is 4.90 Å². The highest BCUT2D eigenvalue weighted by molar-refractivity contribution is 5.94. The number of hydrogen-bond donors (Lipinski definition) is 1. The Labute approximate surface area is 172 Å². The van der Waals surface area contributed by atoms with Crippen LogP contribution in [0.4, 0.5) is 20.2 Å². The number of carbonyl (C=O) groups is 1. The molecule has 10 heteroatoms. The van der Waals surface area contributed by atoms with Crippen LogP contribution < -0.4 is 14.8 Å². The lowest BCUT2D eigenvalue weighted by Gasteiger charge is -2.24. The van der Waals surface area contributed by atoms with Crippen LogP contribution in [0, 0.1) is 10.1 Å². The Morgan fingerprint density at radius 1 is 1.20 bits per heavy atom. The summed E-state index contributed by atoms with van der Waals surface area (Å²) in [7, 11) is 1.74. The van der Waals surface area contributed by atoms with Gasteiger partial charge in [-0.05, 0) is 50.7 Å². The Balaban J connectivity index is 2.03. The lowest BCUT2D eigenvalue weighted by Crippen LogP contribution is -2.39. The monoisotopic (exact) mass is 423 g/mol. The van der Waals surface area contributed by atoms with Gasteiger partial charge in [0.1, 0.15) is 0 Å². The Bertz CT molecular complexity index is 877. The summed E-state index contributed by atoms with van der Waals surface area (Å²) in [5, 5.41) is 13.4. The number of amides is 1. The van der Waals surface area contributed by atoms with Crippen LogP contribution in [-0.4, -0.2) is 42.0 Å². The number of non-ortho nitro benzene ring substituents is 1. The highest BCUT2D eigenvalue weighted by Crippen LogP contribution is 2.30. The predicted octanol–water partition coefficient (Wildman–Crippen LogP) is 4.05. The maximum Gasteiger partial charge on any atom is 0.387 e. The summed E-state index contributed by atoms with van der Waals surface area (Å²) < 4.78 is 34.9. The third-order valence-electron chi connectivity index (χ3n) is 4.34. The number of halogens is 2. The largest absolute Gasteiger partial charge is 0.490 e. The van der Waals surface area contributed by atoms with Gasteiger partial charge in [0.2, 0.25) is 5.91 Å². The summed E-state index contributed by atoms with van der Waals surface area (Å²) in [6, 6.07) is 9.62. The molecule has 1 unspecified atom stereocenters. The Morgan fingerprint density at radius 3 is 2.43 bits per heavy atom. The van der Waals surface area contributed by atoms with Gasteiger partial charge >= 0.3 is 6.61 Å². The number of hydrogen-bond acceptors (Lipinski definition) is 6. The molecule has 1 N–H and O–H groups in total. The third-order valence-corrected chi connectivity index (χ3v) is 4.34. The van der Waals surface area contributed by atoms with Crippen LogP contribution in [0.15, 0.2) is 42.5 Å². The maximum absolute atomic E-state index is 12.5. The van der Waals surface area contributed by atoms with Crippen LogP contribution >= 0.6 is 0 Å². The lowest BCUT2D eigenvalue weighted by atomic mass is 10.1. The minimum absolute atomic E-state index is 0.0535. The summed E-state index contributed by atoms with van der Waals surface area (Å²) in [5.74, 6) is -0.150. The summed E-state index contributed by atoms with van der Waals surface area (Å²) >= 11 is 0. The van der Waals surface area contributed by atoms with Crippen molar-refractivity contribution in [3.8, 4) is 11.5 Å². The van der Waals surface area contributed by atoms with Crippen molar-refractivity contribution in [2.75, 3.05) is 19.0 Å². The number of nitrogens with zero attached hydrogens (tertiary/aromatic N) is 2. The predicted molar refractivity (Wildman–Crippen MR) is 107 cm³/mol. The van der Waals surface area contributed by atoms with Gasteiger partial charge in [-0.25, -0.2) is 0 Å². The first-order valence-electron chi connectivity index (χ1n) is 9.17. The van der Waals surface area contributed by atoms with Gasteiger partial charge in [0.15, 0.2) is 11.5 Å². The standard InChI is InChI=1S/C20H23F2N3O5/c1-4-29-18-11-14(5-10-17(18)30-20(21)22)12-24(3)13(2)19(26)23-15-6-8-16(9-7-15)25(27)28/h5-11,13,20H,4,12H2,1-3H3,(H,23,26). The molecule has 0 bridgehead atoms. The van der Waals surface area contributed by atoms with Crippen molar-refractivity contribution < 1.29 is 28.0 Å². The molecule has 0 spiro atoms. The van der Waals surface area contributed by atoms with E-state index < -0.39 is 17.6 Å². The highest BCUT2D eigenvalue weighted by Gasteiger charge is 2.20. The second kappa shape index (κ2) is 10.5. The van der Waals surface area contributed by atoms with E-state index in [0.29, 0.717) is 12.2 Å². The second-order valence-corrected chi connectivity index (χ2v) is 6.48. The molecular formula is C20H23F2N3O5. The minimum atomic E-state index is -2.96. The van der Waals surface area contributed by atoms with E-state index in [1.807, 2.05) is 0 Å². The number of nitrogens with one attached hydrogen (secondary N) is 1. The molecule has 2 aromatic carbocycles. The van der Waals surface area contributed by atoms with Crippen LogP contribution in [0.25, 0.3) is 0 Å². The average Bonchev–Trinajstić information content (AvgIpc) is 2.69. The number of rotatable bonds is 10. The molecule has 0 radical (unpaired) electrons. The fraction of sp³-hybridized carbons (Fsp3) is 0.350. The zero-order valence-electron chi connectivity index (χ0n) is 16.8. The topological polar surface area (TPSA) is 93.9 Å². The molecule has 0 saturated heterocycles. The number of nitro benzene ring substituents is 1. The van der Waals surface area contributed by atoms with E-state index in [-0.39, 0.29) is 29.7 Å². The fourth-order valence-electron chi connectivity index (χ4n) is 2.65. The third kappa shape index (κ3) is 6.38. The van der Waals surface area contributed by atoms with Gasteiger partial charge in [0, 0.05) is 24.4 Å². The molecule has 30 heavy (non-hydrogen) atoms. The highest BCUT2D eigenvalue weighted by atomic mass is 19.3. The van der Waals surface area contributed by atoms with Crippen LogP contribution in [0.1, 0.15) is 19.4 Å². The molecule has 0 aliphatic heterocycles. The van der Waals surface area contributed by atoms with Gasteiger partial charge in [-0.2, -0.15) is 8.78 Å². The smallest absolute Gasteiger partial charge is 0.387 e. The van der Waals surface area contributed by atoms with E-state index in [9.17, 15) is 23.7 Å². The van der Waals surface area contributed by atoms with Gasteiger partial charge in [0.05, 0.1) is 17.6 Å². The molecule has 2 aromatic rings. The molecule has 162 valence electrons. The average molecular weight is 423 g/mol. The van der Waals surface area contributed by atoms with E-state index in [1.165, 1.54) is 30.3 Å². The van der Waals surface area contributed by atoms with Crippen molar-refractivity contribution >= 4 is 17.3 Å². The molecular weight excluding hydrogens is 400 g/mol. The van der Waals surface area contributed by atoms with Crippen LogP contribution in [0.5, 0.6) is 11.5 Å². The molecule has 0 saturated carbocycles. The molecule has 1 amide bonds. The number of nitro groups is 1. The molecule has 2 rings (SSSR count). The Hall–Kier alpha value is -3.27. The SMILES string of the molecule is CCOc1cc(CN(C)C(C)C(=O)Nc2ccc([N+](=O)[O-])cc2)ccc1OC(F)F. The van der Waals surface area contributed by atoms with Gasteiger partial charge in [-0.3, -0.25) is 19.8 Å². The van der Waals surface area contributed by atoms with Crippen LogP contribution in [-0.2, 0) is 11.3 Å². The molecule has 8 nitrogen and oxygen atoms in total.